The number of halogens is 3. The molecule has 0 atom stereocenters. The molecule has 0 rings (SSSR count). The molecular weight excluding hydrogens is 776 g/mol. The second-order valence-electron chi connectivity index (χ2n) is 17.0. The van der Waals surface area contributed by atoms with E-state index in [1.165, 1.54) is 154 Å². The lowest BCUT2D eigenvalue weighted by Gasteiger charge is -2.28. The van der Waals surface area contributed by atoms with E-state index in [0.717, 1.165) is 0 Å². The van der Waals surface area contributed by atoms with Gasteiger partial charge in [-0.25, -0.2) is 0 Å². The maximum absolute atomic E-state index is 2.36. The van der Waals surface area contributed by atoms with E-state index in [1.807, 2.05) is 0 Å². The highest BCUT2D eigenvalue weighted by Crippen LogP contribution is 2.63. The predicted molar refractivity (Wildman–Crippen MR) is 258 cm³/mol. The van der Waals surface area contributed by atoms with Gasteiger partial charge in [-0.3, -0.25) is 0 Å². The van der Waals surface area contributed by atoms with E-state index in [2.05, 4.69) is 83.1 Å². The van der Waals surface area contributed by atoms with E-state index in [9.17, 15) is 0 Å². The Morgan fingerprint density at radius 1 is 0.167 bits per heavy atom. The fourth-order valence-corrected chi connectivity index (χ4v) is 23.8. The summed E-state index contributed by atoms with van der Waals surface area (Å²) in [6, 6.07) is 0. The molecule has 0 aromatic heterocycles. The molecule has 0 spiro atoms. The van der Waals surface area contributed by atoms with E-state index >= 15 is 0 Å². The Labute approximate surface area is 368 Å². The van der Waals surface area contributed by atoms with Crippen LogP contribution in [0, 0.1) is 0 Å². The summed E-state index contributed by atoms with van der Waals surface area (Å²) in [5.74, 6) is 0. The summed E-state index contributed by atoms with van der Waals surface area (Å²) >= 11 is 0. The van der Waals surface area contributed by atoms with Crippen LogP contribution in [0.5, 0.6) is 0 Å². The molecule has 0 heterocycles. The fourth-order valence-electron chi connectivity index (χ4n) is 7.93. The number of hydrogen-bond donors (Lipinski definition) is 0. The molecule has 0 radical (unpaired) electrons. The van der Waals surface area contributed by atoms with Gasteiger partial charge in [-0.1, -0.05) is 160 Å². The zero-order chi connectivity index (χ0) is 39.0. The van der Waals surface area contributed by atoms with Crippen molar-refractivity contribution in [2.24, 2.45) is 0 Å². The summed E-state index contributed by atoms with van der Waals surface area (Å²) in [5, 5.41) is 0. The van der Waals surface area contributed by atoms with Crippen LogP contribution in [0.1, 0.15) is 237 Å². The highest BCUT2D eigenvalue weighted by Gasteiger charge is 2.36. The van der Waals surface area contributed by atoms with E-state index in [1.54, 1.807) is 73.9 Å². The van der Waals surface area contributed by atoms with E-state index < -0.39 is 21.8 Å². The van der Waals surface area contributed by atoms with Gasteiger partial charge in [-0.15, -0.1) is 0 Å². The van der Waals surface area contributed by atoms with Crippen molar-refractivity contribution >= 4 is 21.8 Å². The third-order valence-corrected chi connectivity index (χ3v) is 27.0. The molecular formula is C48H108Cl3P3. The standard InChI is InChI=1S/3C16H36P.3ClH/c3*1-5-9-13-17(14-10-6-2,15-11-7-3)16-12-8-4;;;/h3*5-16H2,1-4H3;3*1H/q3*+1;;;/p-3. The molecule has 0 aliphatic carbocycles. The van der Waals surface area contributed by atoms with Crippen LogP contribution in [0.15, 0.2) is 0 Å². The maximum atomic E-state index is 2.36. The van der Waals surface area contributed by atoms with Gasteiger partial charge in [0.25, 0.3) is 0 Å². The minimum atomic E-state index is -0.562. The predicted octanol–water partition coefficient (Wildman–Crippen LogP) is 9.63. The van der Waals surface area contributed by atoms with Crippen molar-refractivity contribution in [3.8, 4) is 0 Å². The van der Waals surface area contributed by atoms with E-state index in [-0.39, 0.29) is 37.2 Å². The third-order valence-electron chi connectivity index (χ3n) is 11.8. The Balaban J connectivity index is -0.000000156. The summed E-state index contributed by atoms with van der Waals surface area (Å²) in [6.45, 7) is 28.3. The van der Waals surface area contributed by atoms with Gasteiger partial charge in [0.1, 0.15) is 0 Å². The van der Waals surface area contributed by atoms with Crippen LogP contribution >= 0.6 is 21.8 Å². The third kappa shape index (κ3) is 39.6. The van der Waals surface area contributed by atoms with Gasteiger partial charge < -0.3 is 37.2 Å². The first-order valence-electron chi connectivity index (χ1n) is 24.3. The van der Waals surface area contributed by atoms with Gasteiger partial charge in [-0.05, 0) is 77.0 Å². The molecule has 0 saturated heterocycles. The van der Waals surface area contributed by atoms with Crippen LogP contribution in [0.3, 0.4) is 0 Å². The molecule has 0 amide bonds. The molecule has 0 fully saturated rings. The zero-order valence-electron chi connectivity index (χ0n) is 39.9. The highest BCUT2D eigenvalue weighted by molar-refractivity contribution is 7.76. The van der Waals surface area contributed by atoms with Gasteiger partial charge in [-0.2, -0.15) is 0 Å². The van der Waals surface area contributed by atoms with Crippen LogP contribution in [-0.4, -0.2) is 73.9 Å². The van der Waals surface area contributed by atoms with Crippen molar-refractivity contribution in [2.75, 3.05) is 73.9 Å². The lowest BCUT2D eigenvalue weighted by atomic mass is 10.4. The fraction of sp³-hybridized carbons (Fsp3) is 1.00. The normalized spacial score (nSPS) is 11.3. The lowest BCUT2D eigenvalue weighted by molar-refractivity contribution is -0.001000. The maximum Gasteiger partial charge on any atom is 0.0594 e. The van der Waals surface area contributed by atoms with Crippen molar-refractivity contribution in [3.63, 3.8) is 0 Å². The van der Waals surface area contributed by atoms with Crippen LogP contribution in [0.25, 0.3) is 0 Å². The largest absolute Gasteiger partial charge is 1.00 e. The Bertz CT molecular complexity index is 451. The van der Waals surface area contributed by atoms with Crippen LogP contribution in [-0.2, 0) is 0 Å². The summed E-state index contributed by atoms with van der Waals surface area (Å²) in [7, 11) is -1.69. The highest BCUT2D eigenvalue weighted by atomic mass is 35.5. The molecule has 0 aliphatic heterocycles. The molecule has 0 unspecified atom stereocenters. The zero-order valence-corrected chi connectivity index (χ0v) is 44.9. The molecule has 336 valence electrons. The summed E-state index contributed by atoms with van der Waals surface area (Å²) in [6.07, 6.45) is 53.8. The molecule has 0 nitrogen and oxygen atoms in total. The average Bonchev–Trinajstić information content (AvgIpc) is 3.16. The van der Waals surface area contributed by atoms with Gasteiger partial charge in [0.2, 0.25) is 0 Å². The molecule has 54 heavy (non-hydrogen) atoms. The number of unbranched alkanes of at least 4 members (excludes halogenated alkanes) is 12. The quantitative estimate of drug-likeness (QED) is 0.0551. The molecule has 0 aromatic carbocycles. The first-order chi connectivity index (χ1) is 24.7. The van der Waals surface area contributed by atoms with Crippen molar-refractivity contribution in [1.82, 2.24) is 0 Å². The molecule has 0 N–H and O–H groups in total. The molecule has 0 bridgehead atoms. The van der Waals surface area contributed by atoms with Gasteiger partial charge in [0.05, 0.1) is 73.9 Å². The Kier molecular flexibility index (Phi) is 64.5. The van der Waals surface area contributed by atoms with Crippen molar-refractivity contribution in [1.29, 1.82) is 0 Å². The SMILES string of the molecule is CCCC[P+](CCCC)(CCCC)CCCC.CCCC[P+](CCCC)(CCCC)CCCC.CCCC[P+](CCCC)(CCCC)CCCC.[Cl-].[Cl-].[Cl-]. The topological polar surface area (TPSA) is 0 Å². The van der Waals surface area contributed by atoms with E-state index in [0.29, 0.717) is 0 Å². The average molecular weight is 885 g/mol. The van der Waals surface area contributed by atoms with Crippen LogP contribution < -0.4 is 37.2 Å². The minimum absolute atomic E-state index is 0. The second-order valence-corrected chi connectivity index (χ2v) is 30.4. The summed E-state index contributed by atoms with van der Waals surface area (Å²) in [4.78, 5) is 0. The first-order valence-corrected chi connectivity index (χ1v) is 31.9. The smallest absolute Gasteiger partial charge is 0.0594 e. The monoisotopic (exact) mass is 883 g/mol. The first kappa shape index (κ1) is 67.9. The summed E-state index contributed by atoms with van der Waals surface area (Å²) < 4.78 is 0. The van der Waals surface area contributed by atoms with Gasteiger partial charge in [0.15, 0.2) is 0 Å². The van der Waals surface area contributed by atoms with Crippen LogP contribution in [0.2, 0.25) is 0 Å². The lowest BCUT2D eigenvalue weighted by Crippen LogP contribution is -3.00. The van der Waals surface area contributed by atoms with Crippen molar-refractivity contribution < 1.29 is 37.2 Å². The molecule has 0 aromatic rings. The summed E-state index contributed by atoms with van der Waals surface area (Å²) in [5.41, 5.74) is 0. The van der Waals surface area contributed by atoms with Crippen molar-refractivity contribution in [2.45, 2.75) is 237 Å². The Hall–Kier alpha value is 2.16. The molecule has 6 heteroatoms. The number of hydrogen-bond acceptors (Lipinski definition) is 0. The van der Waals surface area contributed by atoms with Crippen molar-refractivity contribution in [3.05, 3.63) is 0 Å². The van der Waals surface area contributed by atoms with Gasteiger partial charge in [0, 0.05) is 21.8 Å². The number of rotatable bonds is 36. The second kappa shape index (κ2) is 51.3. The Morgan fingerprint density at radius 3 is 0.296 bits per heavy atom. The molecule has 0 aliphatic rings. The van der Waals surface area contributed by atoms with Gasteiger partial charge >= 0.3 is 0 Å². The minimum Gasteiger partial charge on any atom is -1.00 e. The molecule has 0 saturated carbocycles. The van der Waals surface area contributed by atoms with Crippen LogP contribution in [0.4, 0.5) is 0 Å². The van der Waals surface area contributed by atoms with E-state index in [4.69, 9.17) is 0 Å². The Morgan fingerprint density at radius 2 is 0.241 bits per heavy atom.